The molecule has 0 aliphatic rings. The summed E-state index contributed by atoms with van der Waals surface area (Å²) in [5.74, 6) is 0.409. The van der Waals surface area contributed by atoms with Crippen molar-refractivity contribution in [3.63, 3.8) is 0 Å². The molecule has 0 unspecified atom stereocenters. The van der Waals surface area contributed by atoms with Crippen LogP contribution in [0.15, 0.2) is 48.5 Å². The van der Waals surface area contributed by atoms with Gasteiger partial charge in [0.1, 0.15) is 18.2 Å². The van der Waals surface area contributed by atoms with Crippen LogP contribution in [0.3, 0.4) is 0 Å². The van der Waals surface area contributed by atoms with Gasteiger partial charge >= 0.3 is 0 Å². The third kappa shape index (κ3) is 3.55. The van der Waals surface area contributed by atoms with Crippen molar-refractivity contribution in [2.75, 3.05) is 0 Å². The molecular formula is C16H17FO2. The van der Waals surface area contributed by atoms with Gasteiger partial charge in [0.2, 0.25) is 0 Å². The van der Waals surface area contributed by atoms with Crippen LogP contribution >= 0.6 is 0 Å². The molecular weight excluding hydrogens is 243 g/mol. The normalized spacial score (nSPS) is 12.2. The Morgan fingerprint density at radius 1 is 1.11 bits per heavy atom. The SMILES string of the molecule is CC[C@H](O)c1ccccc1OCc1ccc(F)cc1. The Morgan fingerprint density at radius 3 is 2.47 bits per heavy atom. The number of para-hydroxylation sites is 1. The van der Waals surface area contributed by atoms with Gasteiger partial charge in [-0.25, -0.2) is 4.39 Å². The average Bonchev–Trinajstić information content (AvgIpc) is 2.46. The lowest BCUT2D eigenvalue weighted by Gasteiger charge is -2.14. The molecule has 2 aromatic rings. The number of hydrogen-bond donors (Lipinski definition) is 1. The molecule has 0 fully saturated rings. The van der Waals surface area contributed by atoms with Gasteiger partial charge < -0.3 is 9.84 Å². The Labute approximate surface area is 112 Å². The second kappa shape index (κ2) is 6.34. The van der Waals surface area contributed by atoms with Crippen LogP contribution in [-0.4, -0.2) is 5.11 Å². The Balaban J connectivity index is 2.09. The van der Waals surface area contributed by atoms with Gasteiger partial charge in [0, 0.05) is 5.56 Å². The molecule has 19 heavy (non-hydrogen) atoms. The maximum Gasteiger partial charge on any atom is 0.125 e. The van der Waals surface area contributed by atoms with Gasteiger partial charge in [-0.3, -0.25) is 0 Å². The summed E-state index contributed by atoms with van der Waals surface area (Å²) in [4.78, 5) is 0. The predicted octanol–water partition coefficient (Wildman–Crippen LogP) is 3.85. The third-order valence-corrected chi connectivity index (χ3v) is 2.97. The molecule has 1 atom stereocenters. The van der Waals surface area contributed by atoms with Crippen molar-refractivity contribution in [2.24, 2.45) is 0 Å². The fraction of sp³-hybridized carbons (Fsp3) is 0.250. The highest BCUT2D eigenvalue weighted by Crippen LogP contribution is 2.27. The number of rotatable bonds is 5. The first-order chi connectivity index (χ1) is 9.20. The van der Waals surface area contributed by atoms with Gasteiger partial charge in [-0.15, -0.1) is 0 Å². The molecule has 2 nitrogen and oxygen atoms in total. The van der Waals surface area contributed by atoms with Gasteiger partial charge in [-0.05, 0) is 30.2 Å². The Bertz CT molecular complexity index is 523. The van der Waals surface area contributed by atoms with E-state index in [1.54, 1.807) is 12.1 Å². The number of halogens is 1. The lowest BCUT2D eigenvalue weighted by molar-refractivity contribution is 0.166. The summed E-state index contributed by atoms with van der Waals surface area (Å²) >= 11 is 0. The number of ether oxygens (including phenoxy) is 1. The summed E-state index contributed by atoms with van der Waals surface area (Å²) in [7, 11) is 0. The summed E-state index contributed by atoms with van der Waals surface area (Å²) in [6.45, 7) is 2.27. The molecule has 0 aliphatic carbocycles. The maximum absolute atomic E-state index is 12.8. The van der Waals surface area contributed by atoms with Gasteiger partial charge in [-0.2, -0.15) is 0 Å². The van der Waals surface area contributed by atoms with E-state index in [0.717, 1.165) is 11.1 Å². The minimum Gasteiger partial charge on any atom is -0.489 e. The smallest absolute Gasteiger partial charge is 0.125 e. The predicted molar refractivity (Wildman–Crippen MR) is 72.4 cm³/mol. The summed E-state index contributed by atoms with van der Waals surface area (Å²) in [6, 6.07) is 13.6. The molecule has 0 spiro atoms. The second-order valence-corrected chi connectivity index (χ2v) is 4.38. The maximum atomic E-state index is 12.8. The van der Waals surface area contributed by atoms with E-state index in [0.29, 0.717) is 18.8 Å². The standard InChI is InChI=1S/C16H17FO2/c1-2-15(18)14-5-3-4-6-16(14)19-11-12-7-9-13(17)10-8-12/h3-10,15,18H,2,11H2,1H3/t15-/m0/s1. The van der Waals surface area contributed by atoms with Crippen molar-refractivity contribution in [2.45, 2.75) is 26.1 Å². The highest BCUT2D eigenvalue weighted by molar-refractivity contribution is 5.35. The van der Waals surface area contributed by atoms with Crippen LogP contribution in [0, 0.1) is 5.82 Å². The second-order valence-electron chi connectivity index (χ2n) is 4.38. The minimum absolute atomic E-state index is 0.259. The number of aliphatic hydroxyl groups is 1. The Morgan fingerprint density at radius 2 is 1.79 bits per heavy atom. The molecule has 2 aromatic carbocycles. The molecule has 0 amide bonds. The zero-order valence-corrected chi connectivity index (χ0v) is 10.8. The highest BCUT2D eigenvalue weighted by atomic mass is 19.1. The van der Waals surface area contributed by atoms with E-state index in [-0.39, 0.29) is 5.82 Å². The first-order valence-corrected chi connectivity index (χ1v) is 6.35. The summed E-state index contributed by atoms with van der Waals surface area (Å²) < 4.78 is 18.5. The van der Waals surface area contributed by atoms with Crippen LogP contribution in [0.5, 0.6) is 5.75 Å². The molecule has 100 valence electrons. The zero-order chi connectivity index (χ0) is 13.7. The molecule has 0 aliphatic heterocycles. The van der Waals surface area contributed by atoms with Crippen LogP contribution < -0.4 is 4.74 Å². The van der Waals surface area contributed by atoms with Crippen LogP contribution in [0.2, 0.25) is 0 Å². The quantitative estimate of drug-likeness (QED) is 0.884. The van der Waals surface area contributed by atoms with Crippen molar-refractivity contribution >= 4 is 0 Å². The Kier molecular flexibility index (Phi) is 4.53. The molecule has 0 saturated heterocycles. The Hall–Kier alpha value is -1.87. The molecule has 0 saturated carbocycles. The van der Waals surface area contributed by atoms with Crippen molar-refractivity contribution in [1.82, 2.24) is 0 Å². The largest absolute Gasteiger partial charge is 0.489 e. The summed E-state index contributed by atoms with van der Waals surface area (Å²) in [6.07, 6.45) is 0.112. The van der Waals surface area contributed by atoms with Crippen LogP contribution in [0.4, 0.5) is 4.39 Å². The average molecular weight is 260 g/mol. The van der Waals surface area contributed by atoms with E-state index in [1.165, 1.54) is 12.1 Å². The van der Waals surface area contributed by atoms with Crippen LogP contribution in [0.25, 0.3) is 0 Å². The van der Waals surface area contributed by atoms with Crippen molar-refractivity contribution in [3.8, 4) is 5.75 Å². The number of aliphatic hydroxyl groups excluding tert-OH is 1. The fourth-order valence-corrected chi connectivity index (χ4v) is 1.85. The van der Waals surface area contributed by atoms with E-state index >= 15 is 0 Å². The molecule has 0 aromatic heterocycles. The molecule has 0 heterocycles. The van der Waals surface area contributed by atoms with E-state index in [9.17, 15) is 9.50 Å². The van der Waals surface area contributed by atoms with Crippen molar-refractivity contribution in [1.29, 1.82) is 0 Å². The lowest BCUT2D eigenvalue weighted by Crippen LogP contribution is -2.02. The first kappa shape index (κ1) is 13.6. The molecule has 0 radical (unpaired) electrons. The van der Waals surface area contributed by atoms with Crippen LogP contribution in [-0.2, 0) is 6.61 Å². The van der Waals surface area contributed by atoms with E-state index < -0.39 is 6.10 Å². The minimum atomic E-state index is -0.524. The summed E-state index contributed by atoms with van der Waals surface area (Å²) in [5, 5.41) is 9.91. The molecule has 2 rings (SSSR count). The van der Waals surface area contributed by atoms with E-state index in [4.69, 9.17) is 4.74 Å². The van der Waals surface area contributed by atoms with E-state index in [2.05, 4.69) is 0 Å². The van der Waals surface area contributed by atoms with E-state index in [1.807, 2.05) is 31.2 Å². The third-order valence-electron chi connectivity index (χ3n) is 2.97. The topological polar surface area (TPSA) is 29.5 Å². The zero-order valence-electron chi connectivity index (χ0n) is 10.8. The van der Waals surface area contributed by atoms with Gasteiger partial charge in [0.25, 0.3) is 0 Å². The molecule has 1 N–H and O–H groups in total. The summed E-state index contributed by atoms with van der Waals surface area (Å²) in [5.41, 5.74) is 1.68. The van der Waals surface area contributed by atoms with Crippen molar-refractivity contribution in [3.05, 3.63) is 65.5 Å². The molecule has 3 heteroatoms. The van der Waals surface area contributed by atoms with Crippen molar-refractivity contribution < 1.29 is 14.2 Å². The van der Waals surface area contributed by atoms with Gasteiger partial charge in [0.15, 0.2) is 0 Å². The highest BCUT2D eigenvalue weighted by Gasteiger charge is 2.10. The number of hydrogen-bond acceptors (Lipinski definition) is 2. The van der Waals surface area contributed by atoms with Gasteiger partial charge in [0.05, 0.1) is 6.10 Å². The van der Waals surface area contributed by atoms with Crippen LogP contribution in [0.1, 0.15) is 30.6 Å². The first-order valence-electron chi connectivity index (χ1n) is 6.35. The fourth-order valence-electron chi connectivity index (χ4n) is 1.85. The van der Waals surface area contributed by atoms with Gasteiger partial charge in [-0.1, -0.05) is 37.3 Å². The monoisotopic (exact) mass is 260 g/mol. The number of benzene rings is 2. The lowest BCUT2D eigenvalue weighted by atomic mass is 10.1. The molecule has 0 bridgehead atoms.